The van der Waals surface area contributed by atoms with Crippen LogP contribution in [0.25, 0.3) is 22.6 Å². The number of hydrogen-bond donors (Lipinski definition) is 0. The van der Waals surface area contributed by atoms with E-state index in [1.165, 1.54) is 17.8 Å². The standard InChI is InChI=1S/C19H12ClFN4OS/c20-13-5-3-4-12(10-13)19-22-17(26-25-19)11-27-18-9-8-16(23-24-18)14-6-1-2-7-15(14)21/h1-10H,11H2. The molecule has 0 amide bonds. The minimum Gasteiger partial charge on any atom is -0.338 e. The second kappa shape index (κ2) is 7.85. The SMILES string of the molecule is Fc1ccccc1-c1ccc(SCc2nc(-c3cccc(Cl)c3)no2)nn1. The lowest BCUT2D eigenvalue weighted by molar-refractivity contribution is 0.391. The van der Waals surface area contributed by atoms with Crippen LogP contribution in [-0.4, -0.2) is 20.3 Å². The summed E-state index contributed by atoms with van der Waals surface area (Å²) in [6, 6.07) is 17.2. The number of hydrogen-bond acceptors (Lipinski definition) is 6. The number of nitrogens with zero attached hydrogens (tertiary/aromatic N) is 4. The van der Waals surface area contributed by atoms with Crippen LogP contribution < -0.4 is 0 Å². The number of rotatable bonds is 5. The summed E-state index contributed by atoms with van der Waals surface area (Å²) in [5.74, 6) is 1.07. The molecule has 0 aliphatic heterocycles. The maximum absolute atomic E-state index is 13.8. The molecule has 27 heavy (non-hydrogen) atoms. The molecule has 0 atom stereocenters. The van der Waals surface area contributed by atoms with Crippen LogP contribution in [0.4, 0.5) is 4.39 Å². The monoisotopic (exact) mass is 398 g/mol. The van der Waals surface area contributed by atoms with Gasteiger partial charge in [0.05, 0.1) is 11.4 Å². The van der Waals surface area contributed by atoms with Crippen LogP contribution in [0.3, 0.4) is 0 Å². The van der Waals surface area contributed by atoms with E-state index >= 15 is 0 Å². The Hall–Kier alpha value is -2.77. The smallest absolute Gasteiger partial charge is 0.237 e. The fraction of sp³-hybridized carbons (Fsp3) is 0.0526. The van der Waals surface area contributed by atoms with Crippen LogP contribution in [0.5, 0.6) is 0 Å². The minimum absolute atomic E-state index is 0.327. The maximum Gasteiger partial charge on any atom is 0.237 e. The van der Waals surface area contributed by atoms with Crippen molar-refractivity contribution in [2.24, 2.45) is 0 Å². The molecule has 4 aromatic rings. The van der Waals surface area contributed by atoms with Gasteiger partial charge in [0.2, 0.25) is 11.7 Å². The lowest BCUT2D eigenvalue weighted by atomic mass is 10.1. The van der Waals surface area contributed by atoms with E-state index in [0.29, 0.717) is 38.8 Å². The summed E-state index contributed by atoms with van der Waals surface area (Å²) in [5, 5.41) is 13.5. The van der Waals surface area contributed by atoms with Gasteiger partial charge in [-0.1, -0.05) is 52.8 Å². The van der Waals surface area contributed by atoms with Gasteiger partial charge in [0.1, 0.15) is 10.8 Å². The van der Waals surface area contributed by atoms with Gasteiger partial charge in [0, 0.05) is 16.1 Å². The van der Waals surface area contributed by atoms with Crippen molar-refractivity contribution in [3.63, 3.8) is 0 Å². The molecular formula is C19H12ClFN4OS. The Balaban J connectivity index is 1.43. The van der Waals surface area contributed by atoms with Crippen molar-refractivity contribution in [2.45, 2.75) is 10.8 Å². The third-order valence-electron chi connectivity index (χ3n) is 3.68. The highest BCUT2D eigenvalue weighted by molar-refractivity contribution is 7.98. The predicted octanol–water partition coefficient (Wildman–Crippen LogP) is 5.28. The number of halogens is 2. The Bertz CT molecular complexity index is 1070. The Labute approximate surface area is 163 Å². The first-order valence-electron chi connectivity index (χ1n) is 7.99. The van der Waals surface area contributed by atoms with Crippen molar-refractivity contribution in [2.75, 3.05) is 0 Å². The zero-order chi connectivity index (χ0) is 18.6. The Morgan fingerprint density at radius 3 is 2.67 bits per heavy atom. The highest BCUT2D eigenvalue weighted by Gasteiger charge is 2.11. The van der Waals surface area contributed by atoms with Crippen LogP contribution >= 0.6 is 23.4 Å². The molecule has 0 N–H and O–H groups in total. The molecule has 0 spiro atoms. The normalized spacial score (nSPS) is 10.9. The number of aromatic nitrogens is 4. The van der Waals surface area contributed by atoms with Gasteiger partial charge >= 0.3 is 0 Å². The molecule has 8 heteroatoms. The van der Waals surface area contributed by atoms with E-state index in [4.69, 9.17) is 16.1 Å². The van der Waals surface area contributed by atoms with E-state index in [0.717, 1.165) is 5.56 Å². The predicted molar refractivity (Wildman–Crippen MR) is 102 cm³/mol. The van der Waals surface area contributed by atoms with Crippen molar-refractivity contribution in [3.8, 4) is 22.6 Å². The molecule has 0 radical (unpaired) electrons. The first-order chi connectivity index (χ1) is 13.2. The number of benzene rings is 2. The molecule has 5 nitrogen and oxygen atoms in total. The van der Waals surface area contributed by atoms with Gasteiger partial charge in [0.25, 0.3) is 0 Å². The van der Waals surface area contributed by atoms with E-state index in [1.54, 1.807) is 42.5 Å². The molecule has 0 unspecified atom stereocenters. The highest BCUT2D eigenvalue weighted by Crippen LogP contribution is 2.25. The lowest BCUT2D eigenvalue weighted by Gasteiger charge is -2.02. The minimum atomic E-state index is -0.327. The van der Waals surface area contributed by atoms with Crippen molar-refractivity contribution < 1.29 is 8.91 Å². The van der Waals surface area contributed by atoms with Crippen LogP contribution in [0.2, 0.25) is 5.02 Å². The molecule has 2 heterocycles. The molecule has 2 aromatic heterocycles. The molecule has 0 bridgehead atoms. The largest absolute Gasteiger partial charge is 0.338 e. The highest BCUT2D eigenvalue weighted by atomic mass is 35.5. The van der Waals surface area contributed by atoms with Gasteiger partial charge in [-0.15, -0.1) is 10.2 Å². The second-order valence-corrected chi connectivity index (χ2v) is 6.98. The zero-order valence-electron chi connectivity index (χ0n) is 13.8. The number of thioether (sulfide) groups is 1. The maximum atomic E-state index is 13.8. The van der Waals surface area contributed by atoms with Crippen molar-refractivity contribution in [1.82, 2.24) is 20.3 Å². The first-order valence-corrected chi connectivity index (χ1v) is 9.35. The average molecular weight is 399 g/mol. The summed E-state index contributed by atoms with van der Waals surface area (Å²) >= 11 is 7.38. The second-order valence-electron chi connectivity index (χ2n) is 5.55. The van der Waals surface area contributed by atoms with E-state index in [1.807, 2.05) is 12.1 Å². The van der Waals surface area contributed by atoms with E-state index < -0.39 is 0 Å². The van der Waals surface area contributed by atoms with Crippen molar-refractivity contribution in [1.29, 1.82) is 0 Å². The first kappa shape index (κ1) is 17.6. The summed E-state index contributed by atoms with van der Waals surface area (Å²) < 4.78 is 19.1. The fourth-order valence-electron chi connectivity index (χ4n) is 2.40. The molecule has 4 rings (SSSR count). The molecule has 0 aliphatic carbocycles. The molecule has 0 fully saturated rings. The van der Waals surface area contributed by atoms with E-state index in [-0.39, 0.29) is 5.82 Å². The van der Waals surface area contributed by atoms with E-state index in [2.05, 4.69) is 20.3 Å². The molecule has 134 valence electrons. The fourth-order valence-corrected chi connectivity index (χ4v) is 3.25. The average Bonchev–Trinajstić information content (AvgIpc) is 3.16. The summed E-state index contributed by atoms with van der Waals surface area (Å²) in [5.41, 5.74) is 1.69. The summed E-state index contributed by atoms with van der Waals surface area (Å²) in [4.78, 5) is 4.36. The summed E-state index contributed by atoms with van der Waals surface area (Å²) in [7, 11) is 0. The molecule has 0 saturated heterocycles. The Morgan fingerprint density at radius 1 is 1.00 bits per heavy atom. The summed E-state index contributed by atoms with van der Waals surface area (Å²) in [6.45, 7) is 0. The van der Waals surface area contributed by atoms with Crippen LogP contribution in [0, 0.1) is 5.82 Å². The van der Waals surface area contributed by atoms with Gasteiger partial charge in [-0.2, -0.15) is 4.98 Å². The quantitative estimate of drug-likeness (QED) is 0.426. The van der Waals surface area contributed by atoms with Crippen LogP contribution in [0.1, 0.15) is 5.89 Å². The Kier molecular flexibility index (Phi) is 5.13. The van der Waals surface area contributed by atoms with Gasteiger partial charge in [-0.25, -0.2) is 4.39 Å². The Morgan fingerprint density at radius 2 is 1.89 bits per heavy atom. The third kappa shape index (κ3) is 4.15. The lowest BCUT2D eigenvalue weighted by Crippen LogP contribution is -1.92. The van der Waals surface area contributed by atoms with Crippen molar-refractivity contribution >= 4 is 23.4 Å². The topological polar surface area (TPSA) is 64.7 Å². The van der Waals surface area contributed by atoms with Crippen LogP contribution in [-0.2, 0) is 5.75 Å². The van der Waals surface area contributed by atoms with Gasteiger partial charge in [0.15, 0.2) is 0 Å². The van der Waals surface area contributed by atoms with Gasteiger partial charge in [-0.05, 0) is 36.4 Å². The zero-order valence-corrected chi connectivity index (χ0v) is 15.4. The molecule has 0 aliphatic rings. The third-order valence-corrected chi connectivity index (χ3v) is 4.82. The van der Waals surface area contributed by atoms with E-state index in [9.17, 15) is 4.39 Å². The van der Waals surface area contributed by atoms with Gasteiger partial charge in [-0.3, -0.25) is 0 Å². The summed E-state index contributed by atoms with van der Waals surface area (Å²) in [6.07, 6.45) is 0. The molecule has 2 aromatic carbocycles. The molecular weight excluding hydrogens is 387 g/mol. The molecule has 0 saturated carbocycles. The van der Waals surface area contributed by atoms with Crippen LogP contribution in [0.15, 0.2) is 70.2 Å². The van der Waals surface area contributed by atoms with Gasteiger partial charge < -0.3 is 4.52 Å². The van der Waals surface area contributed by atoms with Crippen molar-refractivity contribution in [3.05, 3.63) is 77.4 Å².